The average molecular weight is 375 g/mol. The summed E-state index contributed by atoms with van der Waals surface area (Å²) in [5.41, 5.74) is 1.49. The molecule has 4 nitrogen and oxygen atoms in total. The van der Waals surface area contributed by atoms with Gasteiger partial charge in [-0.3, -0.25) is 0 Å². The molecule has 1 aliphatic heterocycles. The van der Waals surface area contributed by atoms with E-state index in [1.165, 1.54) is 0 Å². The highest BCUT2D eigenvalue weighted by molar-refractivity contribution is 6.84. The Balaban J connectivity index is 2.53. The van der Waals surface area contributed by atoms with E-state index in [0.29, 0.717) is 22.2 Å². The molecule has 1 aliphatic carbocycles. The van der Waals surface area contributed by atoms with Gasteiger partial charge in [-0.05, 0) is 35.0 Å². The predicted molar refractivity (Wildman–Crippen MR) is 103 cm³/mol. The molecular formula is C18H38O4Si2. The first-order valence-electron chi connectivity index (χ1n) is 9.75. The average Bonchev–Trinajstić information content (AvgIpc) is 2.85. The minimum absolute atomic E-state index is 0.0859. The van der Waals surface area contributed by atoms with Crippen LogP contribution in [0.4, 0.5) is 0 Å². The third-order valence-corrected chi connectivity index (χ3v) is 16.4. The molecule has 2 fully saturated rings. The summed E-state index contributed by atoms with van der Waals surface area (Å²) in [5, 5.41) is 9.84. The summed E-state index contributed by atoms with van der Waals surface area (Å²) in [4.78, 5) is 0. The Morgan fingerprint density at radius 2 is 1.25 bits per heavy atom. The maximum absolute atomic E-state index is 9.84. The molecule has 1 saturated heterocycles. The van der Waals surface area contributed by atoms with Gasteiger partial charge in [0.15, 0.2) is 0 Å². The minimum Gasteiger partial charge on any atom is -0.414 e. The molecule has 0 amide bonds. The fraction of sp³-hybridized carbons (Fsp3) is 1.00. The maximum Gasteiger partial charge on any atom is 0.334 e. The van der Waals surface area contributed by atoms with Crippen molar-refractivity contribution in [1.29, 1.82) is 0 Å². The first kappa shape index (κ1) is 20.6. The molecule has 1 saturated carbocycles. The van der Waals surface area contributed by atoms with Crippen LogP contribution in [0.3, 0.4) is 0 Å². The third-order valence-electron chi connectivity index (χ3n) is 6.05. The topological polar surface area (TPSA) is 47.9 Å². The molecule has 142 valence electrons. The molecule has 6 heteroatoms. The van der Waals surface area contributed by atoms with Crippen LogP contribution in [-0.4, -0.2) is 41.0 Å². The summed E-state index contributed by atoms with van der Waals surface area (Å²) in [5.74, 6) is 0.187. The third kappa shape index (κ3) is 3.42. The lowest BCUT2D eigenvalue weighted by Crippen LogP contribution is -2.63. The Morgan fingerprint density at radius 1 is 0.792 bits per heavy atom. The van der Waals surface area contributed by atoms with Crippen LogP contribution < -0.4 is 0 Å². The number of aliphatic hydroxyl groups is 1. The van der Waals surface area contributed by atoms with Crippen molar-refractivity contribution in [2.75, 3.05) is 6.61 Å². The van der Waals surface area contributed by atoms with Crippen molar-refractivity contribution in [2.45, 2.75) is 103 Å². The van der Waals surface area contributed by atoms with Crippen molar-refractivity contribution in [2.24, 2.45) is 5.92 Å². The van der Waals surface area contributed by atoms with Crippen LogP contribution in [-0.2, 0) is 13.0 Å². The molecule has 0 aromatic carbocycles. The van der Waals surface area contributed by atoms with E-state index >= 15 is 0 Å². The van der Waals surface area contributed by atoms with Gasteiger partial charge in [0.05, 0.1) is 12.2 Å². The first-order valence-corrected chi connectivity index (χ1v) is 13.7. The largest absolute Gasteiger partial charge is 0.414 e. The minimum atomic E-state index is -2.47. The van der Waals surface area contributed by atoms with Crippen LogP contribution in [0.5, 0.6) is 0 Å². The van der Waals surface area contributed by atoms with Crippen LogP contribution in [0.1, 0.15) is 68.2 Å². The summed E-state index contributed by atoms with van der Waals surface area (Å²) in [6.45, 7) is 18.2. The van der Waals surface area contributed by atoms with Crippen molar-refractivity contribution in [1.82, 2.24) is 0 Å². The quantitative estimate of drug-likeness (QED) is 0.708. The smallest absolute Gasteiger partial charge is 0.334 e. The van der Waals surface area contributed by atoms with Gasteiger partial charge in [-0.2, -0.15) is 0 Å². The molecule has 2 bridgehead atoms. The summed E-state index contributed by atoms with van der Waals surface area (Å²) in [6, 6.07) is 0. The summed E-state index contributed by atoms with van der Waals surface area (Å²) < 4.78 is 20.8. The van der Waals surface area contributed by atoms with E-state index < -0.39 is 17.1 Å². The van der Waals surface area contributed by atoms with Gasteiger partial charge in [0, 0.05) is 12.5 Å². The van der Waals surface area contributed by atoms with Gasteiger partial charge in [-0.25, -0.2) is 0 Å². The lowest BCUT2D eigenvalue weighted by molar-refractivity contribution is 0.0477. The number of rotatable bonds is 5. The van der Waals surface area contributed by atoms with Gasteiger partial charge in [0.1, 0.15) is 0 Å². The Morgan fingerprint density at radius 3 is 1.67 bits per heavy atom. The highest BCUT2D eigenvalue weighted by Gasteiger charge is 2.60. The van der Waals surface area contributed by atoms with E-state index in [-0.39, 0.29) is 24.7 Å². The van der Waals surface area contributed by atoms with E-state index in [0.717, 1.165) is 12.8 Å². The monoisotopic (exact) mass is 374 g/mol. The van der Waals surface area contributed by atoms with Crippen molar-refractivity contribution >= 4 is 17.1 Å². The van der Waals surface area contributed by atoms with Crippen LogP contribution in [0.15, 0.2) is 0 Å². The molecule has 2 rings (SSSR count). The van der Waals surface area contributed by atoms with Gasteiger partial charge in [-0.15, -0.1) is 0 Å². The van der Waals surface area contributed by atoms with Crippen molar-refractivity contribution < 1.29 is 18.1 Å². The fourth-order valence-electron chi connectivity index (χ4n) is 4.61. The van der Waals surface area contributed by atoms with Crippen LogP contribution in [0, 0.1) is 5.92 Å². The highest BCUT2D eigenvalue weighted by atomic mass is 28.5. The molecule has 24 heavy (non-hydrogen) atoms. The zero-order valence-electron chi connectivity index (χ0n) is 16.8. The molecule has 3 atom stereocenters. The second-order valence-corrected chi connectivity index (χ2v) is 17.8. The normalized spacial score (nSPS) is 32.6. The molecule has 0 aromatic rings. The zero-order chi connectivity index (χ0) is 18.3. The molecule has 1 N–H and O–H groups in total. The fourth-order valence-corrected chi connectivity index (χ4v) is 16.0. The van der Waals surface area contributed by atoms with Gasteiger partial charge in [-0.1, -0.05) is 55.4 Å². The Kier molecular flexibility index (Phi) is 6.42. The lowest BCUT2D eigenvalue weighted by Gasteiger charge is -2.51. The number of hydrogen-bond donors (Lipinski definition) is 1. The zero-order valence-corrected chi connectivity index (χ0v) is 18.8. The standard InChI is InChI=1S/C18H38O4Si2/c1-12(2)23(13(3)4)20-17-9-16(11-19)18(10-17)21-24(22-23,14(5)6)15(7)8/h12-19H,9-11H2,1-8H3/t16-,17-,18+/m1/s1. The predicted octanol–water partition coefficient (Wildman–Crippen LogP) is 4.71. The highest BCUT2D eigenvalue weighted by Crippen LogP contribution is 2.50. The van der Waals surface area contributed by atoms with Crippen molar-refractivity contribution in [3.05, 3.63) is 0 Å². The van der Waals surface area contributed by atoms with Crippen molar-refractivity contribution in [3.8, 4) is 0 Å². The number of aliphatic hydroxyl groups excluding tert-OH is 1. The number of hydrogen-bond acceptors (Lipinski definition) is 4. The van der Waals surface area contributed by atoms with Gasteiger partial charge >= 0.3 is 17.1 Å². The summed E-state index contributed by atoms with van der Waals surface area (Å²) >= 11 is 0. The van der Waals surface area contributed by atoms with Gasteiger partial charge in [0.2, 0.25) is 0 Å². The van der Waals surface area contributed by atoms with E-state index in [1.54, 1.807) is 0 Å². The molecule has 0 unspecified atom stereocenters. The molecule has 0 aromatic heterocycles. The Labute approximate surface area is 150 Å². The molecule has 1 heterocycles. The van der Waals surface area contributed by atoms with Crippen LogP contribution in [0.2, 0.25) is 22.2 Å². The Hall–Kier alpha value is 0.274. The first-order chi connectivity index (χ1) is 11.1. The van der Waals surface area contributed by atoms with E-state index in [2.05, 4.69) is 55.4 Å². The Bertz CT molecular complexity index is 409. The van der Waals surface area contributed by atoms with Crippen LogP contribution in [0.25, 0.3) is 0 Å². The second-order valence-electron chi connectivity index (χ2n) is 8.97. The second kappa shape index (κ2) is 7.49. The SMILES string of the molecule is CC(C)[Si]1(C(C)C)O[C@@H]2C[C@H](CO)[C@H](C2)O[Si](C(C)C)(C(C)C)O1. The van der Waals surface area contributed by atoms with Gasteiger partial charge < -0.3 is 18.1 Å². The van der Waals surface area contributed by atoms with E-state index in [1.807, 2.05) is 0 Å². The summed E-state index contributed by atoms with van der Waals surface area (Å²) in [7, 11) is -4.90. The molecule has 0 spiro atoms. The molecular weight excluding hydrogens is 336 g/mol. The molecule has 2 aliphatic rings. The van der Waals surface area contributed by atoms with E-state index in [9.17, 15) is 5.11 Å². The molecule has 0 radical (unpaired) electrons. The maximum atomic E-state index is 9.84. The summed E-state index contributed by atoms with van der Waals surface area (Å²) in [6.07, 6.45) is 2.08. The van der Waals surface area contributed by atoms with E-state index in [4.69, 9.17) is 13.0 Å². The van der Waals surface area contributed by atoms with Crippen LogP contribution >= 0.6 is 0 Å². The van der Waals surface area contributed by atoms with Gasteiger partial charge in [0.25, 0.3) is 0 Å². The number of fused-ring (bicyclic) bond motifs is 2. The van der Waals surface area contributed by atoms with Crippen molar-refractivity contribution in [3.63, 3.8) is 0 Å². The lowest BCUT2D eigenvalue weighted by atomic mass is 10.1.